The number of nitrogens with zero attached hydrogens (tertiary/aromatic N) is 2. The van der Waals surface area contributed by atoms with Gasteiger partial charge in [-0.05, 0) is 55.4 Å². The third kappa shape index (κ3) is 4.20. The number of hydrogen-bond donors (Lipinski definition) is 1. The smallest absolute Gasteiger partial charge is 0.121 e. The zero-order valence-corrected chi connectivity index (χ0v) is 13.2. The van der Waals surface area contributed by atoms with E-state index in [4.69, 9.17) is 11.6 Å². The molecule has 0 amide bonds. The van der Waals surface area contributed by atoms with Gasteiger partial charge in [-0.25, -0.2) is 9.97 Å². The zero-order valence-electron chi connectivity index (χ0n) is 11.6. The average molecular weight is 308 g/mol. The van der Waals surface area contributed by atoms with E-state index < -0.39 is 0 Å². The summed E-state index contributed by atoms with van der Waals surface area (Å²) in [6.45, 7) is 5.32. The Morgan fingerprint density at radius 1 is 1.30 bits per heavy atom. The predicted octanol–water partition coefficient (Wildman–Crippen LogP) is 4.34. The van der Waals surface area contributed by atoms with Crippen molar-refractivity contribution < 1.29 is 0 Å². The van der Waals surface area contributed by atoms with Gasteiger partial charge in [-0.15, -0.1) is 0 Å². The van der Waals surface area contributed by atoms with Crippen molar-refractivity contribution >= 4 is 23.4 Å². The molecule has 1 N–H and O–H groups in total. The first-order valence-corrected chi connectivity index (χ1v) is 7.88. The molecular weight excluding hydrogens is 290 g/mol. The lowest BCUT2D eigenvalue weighted by molar-refractivity contribution is 0.568. The van der Waals surface area contributed by atoms with Gasteiger partial charge in [0.15, 0.2) is 0 Å². The van der Waals surface area contributed by atoms with E-state index in [1.165, 1.54) is 17.3 Å². The fourth-order valence-electron chi connectivity index (χ4n) is 1.73. The summed E-state index contributed by atoms with van der Waals surface area (Å²) in [6.07, 6.45) is 4.77. The molecule has 2 aromatic heterocycles. The molecule has 5 heteroatoms. The molecule has 0 radical (unpaired) electrons. The highest BCUT2D eigenvalue weighted by molar-refractivity contribution is 7.99. The predicted molar refractivity (Wildman–Crippen MR) is 84.3 cm³/mol. The van der Waals surface area contributed by atoms with Crippen LogP contribution in [0.5, 0.6) is 0 Å². The van der Waals surface area contributed by atoms with Crippen molar-refractivity contribution in [2.24, 2.45) is 0 Å². The van der Waals surface area contributed by atoms with Gasteiger partial charge in [0.1, 0.15) is 10.1 Å². The maximum absolute atomic E-state index is 6.09. The standard InChI is InChI=1S/C15H18ClN3S/c1-3-8-17-11(2)12-6-7-14(19-10-12)20-15-13(16)5-4-9-18-15/h4-7,9-11,17H,3,8H2,1-2H3. The second-order valence-corrected chi connectivity index (χ2v) is 5.91. The lowest BCUT2D eigenvalue weighted by atomic mass is 10.1. The van der Waals surface area contributed by atoms with Crippen LogP contribution in [0.15, 0.2) is 46.7 Å². The molecule has 0 aliphatic rings. The van der Waals surface area contributed by atoms with Gasteiger partial charge >= 0.3 is 0 Å². The summed E-state index contributed by atoms with van der Waals surface area (Å²) in [7, 11) is 0. The van der Waals surface area contributed by atoms with Crippen molar-refractivity contribution in [3.63, 3.8) is 0 Å². The first-order valence-electron chi connectivity index (χ1n) is 6.68. The summed E-state index contributed by atoms with van der Waals surface area (Å²) in [4.78, 5) is 8.72. The second-order valence-electron chi connectivity index (χ2n) is 4.50. The minimum absolute atomic E-state index is 0.319. The highest BCUT2D eigenvalue weighted by Gasteiger charge is 2.07. The third-order valence-electron chi connectivity index (χ3n) is 2.89. The van der Waals surface area contributed by atoms with Crippen molar-refractivity contribution in [2.45, 2.75) is 36.4 Å². The molecule has 0 fully saturated rings. The molecule has 106 valence electrons. The van der Waals surface area contributed by atoms with Gasteiger partial charge in [-0.1, -0.05) is 24.6 Å². The molecule has 0 aliphatic carbocycles. The lowest BCUT2D eigenvalue weighted by Gasteiger charge is -2.13. The van der Waals surface area contributed by atoms with Gasteiger partial charge in [-0.3, -0.25) is 0 Å². The molecule has 0 spiro atoms. The Hall–Kier alpha value is -1.10. The molecule has 2 heterocycles. The Balaban J connectivity index is 2.03. The van der Waals surface area contributed by atoms with E-state index in [9.17, 15) is 0 Å². The van der Waals surface area contributed by atoms with E-state index in [1.807, 2.05) is 24.4 Å². The molecule has 0 bridgehead atoms. The first kappa shape index (κ1) is 15.3. The molecule has 0 saturated heterocycles. The fourth-order valence-corrected chi connectivity index (χ4v) is 2.69. The maximum atomic E-state index is 6.09. The number of pyridine rings is 2. The van der Waals surface area contributed by atoms with Crippen molar-refractivity contribution in [3.8, 4) is 0 Å². The number of hydrogen-bond acceptors (Lipinski definition) is 4. The van der Waals surface area contributed by atoms with Crippen LogP contribution >= 0.6 is 23.4 Å². The Morgan fingerprint density at radius 3 is 2.80 bits per heavy atom. The molecule has 0 aliphatic heterocycles. The Morgan fingerprint density at radius 2 is 2.15 bits per heavy atom. The molecule has 3 nitrogen and oxygen atoms in total. The van der Waals surface area contributed by atoms with Crippen molar-refractivity contribution in [3.05, 3.63) is 47.2 Å². The normalized spacial score (nSPS) is 12.3. The molecule has 2 rings (SSSR count). The van der Waals surface area contributed by atoms with Crippen LogP contribution in [0.3, 0.4) is 0 Å². The summed E-state index contributed by atoms with van der Waals surface area (Å²) < 4.78 is 0. The van der Waals surface area contributed by atoms with E-state index in [-0.39, 0.29) is 0 Å². The van der Waals surface area contributed by atoms with Gasteiger partial charge in [0.25, 0.3) is 0 Å². The van der Waals surface area contributed by atoms with Crippen LogP contribution < -0.4 is 5.32 Å². The van der Waals surface area contributed by atoms with E-state index in [0.29, 0.717) is 11.1 Å². The number of nitrogens with one attached hydrogen (secondary N) is 1. The van der Waals surface area contributed by atoms with E-state index in [0.717, 1.165) is 23.0 Å². The summed E-state index contributed by atoms with van der Waals surface area (Å²) in [5, 5.41) is 5.78. The summed E-state index contributed by atoms with van der Waals surface area (Å²) >= 11 is 7.57. The largest absolute Gasteiger partial charge is 0.310 e. The molecule has 0 saturated carbocycles. The van der Waals surface area contributed by atoms with Crippen molar-refractivity contribution in [1.29, 1.82) is 0 Å². The Kier molecular flexibility index (Phi) is 5.83. The second kappa shape index (κ2) is 7.62. The molecule has 1 atom stereocenters. The third-order valence-corrected chi connectivity index (χ3v) is 4.27. The molecule has 0 aromatic carbocycles. The van der Waals surface area contributed by atoms with Gasteiger partial charge < -0.3 is 5.32 Å². The van der Waals surface area contributed by atoms with E-state index in [2.05, 4.69) is 35.2 Å². The maximum Gasteiger partial charge on any atom is 0.121 e. The number of halogens is 1. The van der Waals surface area contributed by atoms with Crippen LogP contribution in [0.25, 0.3) is 0 Å². The molecule has 20 heavy (non-hydrogen) atoms. The molecular formula is C15H18ClN3S. The molecule has 2 aromatic rings. The minimum Gasteiger partial charge on any atom is -0.310 e. The zero-order chi connectivity index (χ0) is 14.4. The Bertz CT molecular complexity index is 545. The monoisotopic (exact) mass is 307 g/mol. The van der Waals surface area contributed by atoms with Crippen LogP contribution in [-0.4, -0.2) is 16.5 Å². The van der Waals surface area contributed by atoms with E-state index >= 15 is 0 Å². The lowest BCUT2D eigenvalue weighted by Crippen LogP contribution is -2.19. The number of aromatic nitrogens is 2. The quantitative estimate of drug-likeness (QED) is 0.861. The van der Waals surface area contributed by atoms with Crippen LogP contribution in [0, 0.1) is 0 Å². The highest BCUT2D eigenvalue weighted by Crippen LogP contribution is 2.30. The number of rotatable bonds is 6. The Labute approximate surface area is 129 Å². The summed E-state index contributed by atoms with van der Waals surface area (Å²) in [5.74, 6) is 0. The van der Waals surface area contributed by atoms with Gasteiger partial charge in [0.05, 0.1) is 5.02 Å². The summed E-state index contributed by atoms with van der Waals surface area (Å²) in [5.41, 5.74) is 1.19. The summed E-state index contributed by atoms with van der Waals surface area (Å²) in [6, 6.07) is 8.08. The topological polar surface area (TPSA) is 37.8 Å². The van der Waals surface area contributed by atoms with Gasteiger partial charge in [0.2, 0.25) is 0 Å². The molecule has 1 unspecified atom stereocenters. The van der Waals surface area contributed by atoms with Crippen LogP contribution in [-0.2, 0) is 0 Å². The van der Waals surface area contributed by atoms with Crippen molar-refractivity contribution in [2.75, 3.05) is 6.54 Å². The fraction of sp³-hybridized carbons (Fsp3) is 0.333. The van der Waals surface area contributed by atoms with E-state index in [1.54, 1.807) is 6.20 Å². The highest BCUT2D eigenvalue weighted by atomic mass is 35.5. The minimum atomic E-state index is 0.319. The van der Waals surface area contributed by atoms with Crippen LogP contribution in [0.2, 0.25) is 5.02 Å². The van der Waals surface area contributed by atoms with Gasteiger partial charge in [0, 0.05) is 18.4 Å². The van der Waals surface area contributed by atoms with Crippen molar-refractivity contribution in [1.82, 2.24) is 15.3 Å². The first-order chi connectivity index (χ1) is 9.70. The SMILES string of the molecule is CCCNC(C)c1ccc(Sc2ncccc2Cl)nc1. The van der Waals surface area contributed by atoms with Gasteiger partial charge in [-0.2, -0.15) is 0 Å². The van der Waals surface area contributed by atoms with Crippen LogP contribution in [0.1, 0.15) is 31.9 Å². The van der Waals surface area contributed by atoms with Crippen LogP contribution in [0.4, 0.5) is 0 Å². The average Bonchev–Trinajstić information content (AvgIpc) is 2.48.